The Bertz CT molecular complexity index is 1600. The highest BCUT2D eigenvalue weighted by Gasteiger charge is 2.58. The highest BCUT2D eigenvalue weighted by atomic mass is 35.5. The standard InChI is InChI=1S/C35H38Cl2F2N2O5/c1-5-34(44,33(39)15-17-40(3)18-16-33)24-19-27-31(28(38)20-24)35(45-4,23-9-13-26(37)14-10-23)41(32(27)43)29(21-30(42)46-6-2)22-7-11-25(36)12-8-22/h7-14,19-20,29,44H,5-6,15-18,21H2,1-4H3/t29-,34?,35+/m0/s1. The van der Waals surface area contributed by atoms with Crippen molar-refractivity contribution in [3.8, 4) is 0 Å². The Morgan fingerprint density at radius 1 is 1.04 bits per heavy atom. The Balaban J connectivity index is 1.76. The first kappa shape index (κ1) is 34.3. The van der Waals surface area contributed by atoms with Crippen LogP contribution in [-0.2, 0) is 25.6 Å². The molecule has 7 nitrogen and oxygen atoms in total. The SMILES string of the molecule is CCOC(=O)C[C@@H](c1ccc(Cl)cc1)N1C(=O)c2cc(C(O)(CC)C3(F)CCN(C)CC3)cc(F)c2[C@]1(OC)c1ccc(Cl)cc1. The highest BCUT2D eigenvalue weighted by molar-refractivity contribution is 6.30. The predicted molar refractivity (Wildman–Crippen MR) is 172 cm³/mol. The number of amides is 1. The van der Waals surface area contributed by atoms with Crippen molar-refractivity contribution in [2.24, 2.45) is 0 Å². The van der Waals surface area contributed by atoms with Gasteiger partial charge in [0.05, 0.1) is 30.2 Å². The summed E-state index contributed by atoms with van der Waals surface area (Å²) in [6.45, 7) is 4.26. The van der Waals surface area contributed by atoms with Crippen LogP contribution in [-0.4, -0.2) is 66.3 Å². The molecule has 0 aromatic heterocycles. The van der Waals surface area contributed by atoms with Crippen LogP contribution in [0.25, 0.3) is 0 Å². The number of benzene rings is 3. The van der Waals surface area contributed by atoms with Crippen molar-refractivity contribution in [1.82, 2.24) is 9.80 Å². The van der Waals surface area contributed by atoms with E-state index < -0.39 is 40.7 Å². The molecule has 46 heavy (non-hydrogen) atoms. The molecule has 5 rings (SSSR count). The molecule has 3 aromatic carbocycles. The lowest BCUT2D eigenvalue weighted by atomic mass is 9.71. The quantitative estimate of drug-likeness (QED) is 0.230. The molecule has 11 heteroatoms. The molecule has 0 spiro atoms. The van der Waals surface area contributed by atoms with E-state index in [0.717, 1.165) is 6.07 Å². The van der Waals surface area contributed by atoms with Gasteiger partial charge in [0.25, 0.3) is 5.91 Å². The maximum atomic E-state index is 16.8. The minimum absolute atomic E-state index is 0.0388. The fourth-order valence-electron chi connectivity index (χ4n) is 6.98. The molecule has 0 radical (unpaired) electrons. The third-order valence-electron chi connectivity index (χ3n) is 9.49. The van der Waals surface area contributed by atoms with E-state index in [9.17, 15) is 14.7 Å². The van der Waals surface area contributed by atoms with E-state index in [0.29, 0.717) is 34.3 Å². The number of nitrogens with zero attached hydrogens (tertiary/aromatic N) is 2. The van der Waals surface area contributed by atoms with E-state index in [-0.39, 0.29) is 49.0 Å². The summed E-state index contributed by atoms with van der Waals surface area (Å²) in [6.07, 6.45) is -0.260. The number of likely N-dealkylation sites (tertiary alicyclic amines) is 1. The zero-order chi connectivity index (χ0) is 33.4. The maximum Gasteiger partial charge on any atom is 0.308 e. The molecule has 1 N–H and O–H groups in total. The van der Waals surface area contributed by atoms with E-state index >= 15 is 8.78 Å². The topological polar surface area (TPSA) is 79.3 Å². The summed E-state index contributed by atoms with van der Waals surface area (Å²) in [5, 5.41) is 12.8. The number of carbonyl (C=O) groups excluding carboxylic acids is 2. The molecule has 0 saturated carbocycles. The fourth-order valence-corrected chi connectivity index (χ4v) is 7.23. The van der Waals surface area contributed by atoms with Crippen LogP contribution < -0.4 is 0 Å². The number of hydrogen-bond donors (Lipinski definition) is 1. The summed E-state index contributed by atoms with van der Waals surface area (Å²) < 4.78 is 45.0. The molecular weight excluding hydrogens is 637 g/mol. The minimum atomic E-state index is -2.08. The van der Waals surface area contributed by atoms with Gasteiger partial charge in [0.2, 0.25) is 0 Å². The van der Waals surface area contributed by atoms with Crippen LogP contribution in [0.1, 0.15) is 78.2 Å². The van der Waals surface area contributed by atoms with Crippen molar-refractivity contribution in [3.05, 3.63) is 104 Å². The van der Waals surface area contributed by atoms with Crippen molar-refractivity contribution < 1.29 is 33.0 Å². The van der Waals surface area contributed by atoms with E-state index in [2.05, 4.69) is 0 Å². The van der Waals surface area contributed by atoms with Crippen molar-refractivity contribution in [2.45, 2.75) is 62.6 Å². The number of alkyl halides is 1. The number of ether oxygens (including phenoxy) is 2. The van der Waals surface area contributed by atoms with Gasteiger partial charge >= 0.3 is 5.97 Å². The molecule has 2 heterocycles. The summed E-state index contributed by atoms with van der Waals surface area (Å²) in [5.41, 5.74) is -5.40. The average molecular weight is 676 g/mol. The molecule has 246 valence electrons. The molecule has 2 aliphatic rings. The number of carbonyl (C=O) groups is 2. The summed E-state index contributed by atoms with van der Waals surface area (Å²) in [6, 6.07) is 14.5. The Morgan fingerprint density at radius 2 is 1.63 bits per heavy atom. The van der Waals surface area contributed by atoms with E-state index in [1.807, 2.05) is 11.9 Å². The smallest absolute Gasteiger partial charge is 0.308 e. The molecule has 0 bridgehead atoms. The van der Waals surface area contributed by atoms with Gasteiger partial charge in [0, 0.05) is 35.8 Å². The van der Waals surface area contributed by atoms with Gasteiger partial charge in [-0.2, -0.15) is 0 Å². The van der Waals surface area contributed by atoms with Crippen LogP contribution in [0.4, 0.5) is 8.78 Å². The molecule has 2 aliphatic heterocycles. The van der Waals surface area contributed by atoms with Crippen LogP contribution in [0, 0.1) is 5.82 Å². The summed E-state index contributed by atoms with van der Waals surface area (Å²) in [7, 11) is 3.22. The van der Waals surface area contributed by atoms with Crippen LogP contribution in [0.5, 0.6) is 0 Å². The summed E-state index contributed by atoms with van der Waals surface area (Å²) in [4.78, 5) is 31.1. The van der Waals surface area contributed by atoms with E-state index in [4.69, 9.17) is 32.7 Å². The number of halogens is 4. The van der Waals surface area contributed by atoms with Crippen LogP contribution in [0.2, 0.25) is 10.0 Å². The Morgan fingerprint density at radius 3 is 2.17 bits per heavy atom. The van der Waals surface area contributed by atoms with Gasteiger partial charge in [-0.3, -0.25) is 14.5 Å². The largest absolute Gasteiger partial charge is 0.466 e. The van der Waals surface area contributed by atoms with Gasteiger partial charge in [-0.1, -0.05) is 54.4 Å². The Labute approximate surface area is 278 Å². The summed E-state index contributed by atoms with van der Waals surface area (Å²) in [5.74, 6) is -2.13. The van der Waals surface area contributed by atoms with E-state index in [1.165, 1.54) is 18.1 Å². The minimum Gasteiger partial charge on any atom is -0.466 e. The predicted octanol–water partition coefficient (Wildman–Crippen LogP) is 7.16. The number of fused-ring (bicyclic) bond motifs is 1. The number of hydrogen-bond acceptors (Lipinski definition) is 6. The molecule has 1 fully saturated rings. The fraction of sp³-hybridized carbons (Fsp3) is 0.429. The number of aliphatic hydroxyl groups is 1. The van der Waals surface area contributed by atoms with Gasteiger partial charge < -0.3 is 19.5 Å². The van der Waals surface area contributed by atoms with Crippen molar-refractivity contribution >= 4 is 35.1 Å². The van der Waals surface area contributed by atoms with Crippen molar-refractivity contribution in [2.75, 3.05) is 33.9 Å². The molecule has 3 atom stereocenters. The second kappa shape index (κ2) is 13.2. The summed E-state index contributed by atoms with van der Waals surface area (Å²) >= 11 is 12.4. The van der Waals surface area contributed by atoms with E-state index in [1.54, 1.807) is 62.4 Å². The molecule has 1 amide bonds. The number of rotatable bonds is 10. The highest BCUT2D eigenvalue weighted by Crippen LogP contribution is 2.53. The first-order valence-corrected chi connectivity index (χ1v) is 16.1. The number of methoxy groups -OCH3 is 1. The Kier molecular flexibility index (Phi) is 9.83. The lowest BCUT2D eigenvalue weighted by molar-refractivity contribution is -0.148. The molecular formula is C35H38Cl2F2N2O5. The first-order chi connectivity index (χ1) is 21.8. The van der Waals surface area contributed by atoms with Crippen LogP contribution >= 0.6 is 23.2 Å². The molecule has 1 unspecified atom stereocenters. The van der Waals surface area contributed by atoms with Gasteiger partial charge in [-0.05, 0) is 80.8 Å². The molecule has 3 aromatic rings. The average Bonchev–Trinajstić information content (AvgIpc) is 3.30. The maximum absolute atomic E-state index is 16.8. The Hall–Kier alpha value is -3.08. The molecule has 1 saturated heterocycles. The monoisotopic (exact) mass is 674 g/mol. The second-order valence-corrected chi connectivity index (χ2v) is 12.8. The normalized spacial score (nSPS) is 21.5. The van der Waals surface area contributed by atoms with Gasteiger partial charge in [-0.25, -0.2) is 8.78 Å². The van der Waals surface area contributed by atoms with Crippen LogP contribution in [0.15, 0.2) is 60.7 Å². The third kappa shape index (κ3) is 5.70. The lowest BCUT2D eigenvalue weighted by Crippen LogP contribution is -2.54. The zero-order valence-electron chi connectivity index (χ0n) is 26.3. The number of esters is 1. The van der Waals surface area contributed by atoms with Crippen molar-refractivity contribution in [3.63, 3.8) is 0 Å². The van der Waals surface area contributed by atoms with Gasteiger partial charge in [0.15, 0.2) is 5.72 Å². The van der Waals surface area contributed by atoms with Gasteiger partial charge in [-0.15, -0.1) is 0 Å². The first-order valence-electron chi connectivity index (χ1n) is 15.4. The van der Waals surface area contributed by atoms with Gasteiger partial charge in [0.1, 0.15) is 17.1 Å². The second-order valence-electron chi connectivity index (χ2n) is 12.0. The zero-order valence-corrected chi connectivity index (χ0v) is 27.8. The lowest BCUT2D eigenvalue weighted by Gasteiger charge is -2.46. The third-order valence-corrected chi connectivity index (χ3v) is 9.99. The number of piperidine rings is 1. The van der Waals surface area contributed by atoms with Crippen molar-refractivity contribution in [1.29, 1.82) is 0 Å². The molecule has 0 aliphatic carbocycles. The van der Waals surface area contributed by atoms with Crippen LogP contribution in [0.3, 0.4) is 0 Å².